The summed E-state index contributed by atoms with van der Waals surface area (Å²) in [5.74, 6) is 0.0764. The predicted molar refractivity (Wildman–Crippen MR) is 110 cm³/mol. The molecular weight excluding hydrogens is 384 g/mol. The Bertz CT molecular complexity index is 880. The highest BCUT2D eigenvalue weighted by Crippen LogP contribution is 2.30. The van der Waals surface area contributed by atoms with E-state index in [1.165, 1.54) is 12.1 Å². The van der Waals surface area contributed by atoms with Gasteiger partial charge in [0.15, 0.2) is 0 Å². The molecule has 0 unspecified atom stereocenters. The third kappa shape index (κ3) is 5.71. The third-order valence-corrected chi connectivity index (χ3v) is 6.15. The van der Waals surface area contributed by atoms with Gasteiger partial charge < -0.3 is 5.32 Å². The molecule has 0 aliphatic heterocycles. The Balaban J connectivity index is 2.34. The van der Waals surface area contributed by atoms with Crippen LogP contribution in [0, 0.1) is 12.8 Å². The lowest BCUT2D eigenvalue weighted by Gasteiger charge is -2.25. The van der Waals surface area contributed by atoms with E-state index >= 15 is 0 Å². The van der Waals surface area contributed by atoms with E-state index in [1.54, 1.807) is 36.4 Å². The second-order valence-electron chi connectivity index (χ2n) is 6.81. The fourth-order valence-corrected chi connectivity index (χ4v) is 4.21. The average molecular weight is 409 g/mol. The maximum atomic E-state index is 13.2. The van der Waals surface area contributed by atoms with Crippen LogP contribution >= 0.6 is 11.6 Å². The summed E-state index contributed by atoms with van der Waals surface area (Å²) in [5, 5.41) is 3.05. The van der Waals surface area contributed by atoms with Crippen LogP contribution in [0.15, 0.2) is 53.4 Å². The Kier molecular flexibility index (Phi) is 7.27. The molecule has 0 fully saturated rings. The summed E-state index contributed by atoms with van der Waals surface area (Å²) in [4.78, 5) is 12.5. The zero-order valence-corrected chi connectivity index (χ0v) is 17.3. The number of nitrogens with one attached hydrogen (secondary N) is 1. The molecule has 7 heteroatoms. The minimum absolute atomic E-state index is 0.114. The number of hydrogen-bond donors (Lipinski definition) is 1. The number of hydrogen-bond acceptors (Lipinski definition) is 3. The smallest absolute Gasteiger partial charge is 0.264 e. The van der Waals surface area contributed by atoms with E-state index in [2.05, 4.69) is 19.2 Å². The maximum Gasteiger partial charge on any atom is 0.264 e. The number of benzene rings is 2. The molecule has 1 N–H and O–H groups in total. The first-order valence-corrected chi connectivity index (χ1v) is 10.6. The van der Waals surface area contributed by atoms with Crippen LogP contribution in [0.25, 0.3) is 0 Å². The van der Waals surface area contributed by atoms with E-state index in [0.717, 1.165) is 16.3 Å². The Morgan fingerprint density at radius 2 is 1.74 bits per heavy atom. The number of nitrogens with zero attached hydrogens (tertiary/aromatic N) is 1. The lowest BCUT2D eigenvalue weighted by Crippen LogP contribution is -2.41. The van der Waals surface area contributed by atoms with Crippen molar-refractivity contribution < 1.29 is 13.2 Å². The van der Waals surface area contributed by atoms with Gasteiger partial charge in [-0.2, -0.15) is 0 Å². The van der Waals surface area contributed by atoms with Crippen molar-refractivity contribution in [1.29, 1.82) is 0 Å². The predicted octanol–water partition coefficient (Wildman–Crippen LogP) is 4.01. The molecule has 0 aliphatic carbocycles. The Morgan fingerprint density at radius 1 is 1.11 bits per heavy atom. The zero-order valence-electron chi connectivity index (χ0n) is 15.8. The largest absolute Gasteiger partial charge is 0.355 e. The summed E-state index contributed by atoms with van der Waals surface area (Å²) >= 11 is 6.23. The van der Waals surface area contributed by atoms with E-state index in [-0.39, 0.29) is 28.1 Å². The third-order valence-electron chi connectivity index (χ3n) is 4.06. The monoisotopic (exact) mass is 408 g/mol. The highest BCUT2D eigenvalue weighted by molar-refractivity contribution is 7.92. The fourth-order valence-electron chi connectivity index (χ4n) is 2.48. The zero-order chi connectivity index (χ0) is 20.0. The minimum Gasteiger partial charge on any atom is -0.355 e. The standard InChI is InChI=1S/C20H25ClN2O3S/c1-15(2)12-13-22-20(24)14-23(19-7-5-4-6-18(19)21)27(25,26)17-10-8-16(3)9-11-17/h4-11,15H,12-14H2,1-3H3,(H,22,24). The first-order valence-electron chi connectivity index (χ1n) is 8.82. The second-order valence-corrected chi connectivity index (χ2v) is 9.08. The van der Waals surface area contributed by atoms with Crippen molar-refractivity contribution >= 4 is 33.2 Å². The molecule has 0 radical (unpaired) electrons. The van der Waals surface area contributed by atoms with Crippen molar-refractivity contribution in [2.45, 2.75) is 32.1 Å². The quantitative estimate of drug-likeness (QED) is 0.717. The molecule has 0 heterocycles. The van der Waals surface area contributed by atoms with Gasteiger partial charge in [0, 0.05) is 6.54 Å². The summed E-state index contributed by atoms with van der Waals surface area (Å²) in [6.45, 7) is 6.16. The van der Waals surface area contributed by atoms with Crippen LogP contribution in [0.5, 0.6) is 0 Å². The highest BCUT2D eigenvalue weighted by atomic mass is 35.5. The van der Waals surface area contributed by atoms with Crippen molar-refractivity contribution in [3.8, 4) is 0 Å². The lowest BCUT2D eigenvalue weighted by atomic mass is 10.1. The first kappa shape index (κ1) is 21.3. The van der Waals surface area contributed by atoms with Gasteiger partial charge in [-0.05, 0) is 43.5 Å². The molecule has 0 spiro atoms. The van der Waals surface area contributed by atoms with Gasteiger partial charge in [0.2, 0.25) is 5.91 Å². The fraction of sp³-hybridized carbons (Fsp3) is 0.350. The van der Waals surface area contributed by atoms with Crippen molar-refractivity contribution in [2.24, 2.45) is 5.92 Å². The van der Waals surface area contributed by atoms with Crippen LogP contribution in [0.2, 0.25) is 5.02 Å². The molecule has 5 nitrogen and oxygen atoms in total. The van der Waals surface area contributed by atoms with Gasteiger partial charge in [-0.3, -0.25) is 9.10 Å². The number of aryl methyl sites for hydroxylation is 1. The molecule has 146 valence electrons. The maximum absolute atomic E-state index is 13.2. The highest BCUT2D eigenvalue weighted by Gasteiger charge is 2.28. The number of halogens is 1. The second kappa shape index (κ2) is 9.24. The molecule has 2 aromatic carbocycles. The van der Waals surface area contributed by atoms with E-state index in [1.807, 2.05) is 6.92 Å². The van der Waals surface area contributed by atoms with Crippen LogP contribution in [-0.4, -0.2) is 27.4 Å². The normalized spacial score (nSPS) is 11.4. The first-order chi connectivity index (χ1) is 12.7. The van der Waals surface area contributed by atoms with Gasteiger partial charge >= 0.3 is 0 Å². The van der Waals surface area contributed by atoms with Crippen molar-refractivity contribution in [3.05, 3.63) is 59.1 Å². The van der Waals surface area contributed by atoms with Gasteiger partial charge in [-0.1, -0.05) is 55.3 Å². The molecule has 27 heavy (non-hydrogen) atoms. The summed E-state index contributed by atoms with van der Waals surface area (Å²) in [6, 6.07) is 13.1. The van der Waals surface area contributed by atoms with Crippen LogP contribution in [0.1, 0.15) is 25.8 Å². The summed E-state index contributed by atoms with van der Waals surface area (Å²) in [7, 11) is -3.94. The topological polar surface area (TPSA) is 66.5 Å². The summed E-state index contributed by atoms with van der Waals surface area (Å²) < 4.78 is 27.5. The van der Waals surface area contributed by atoms with Gasteiger partial charge in [0.25, 0.3) is 10.0 Å². The van der Waals surface area contributed by atoms with Crippen LogP contribution in [0.4, 0.5) is 5.69 Å². The van der Waals surface area contributed by atoms with Crippen molar-refractivity contribution in [1.82, 2.24) is 5.32 Å². The number of amides is 1. The van der Waals surface area contributed by atoms with Gasteiger partial charge in [0.1, 0.15) is 6.54 Å². The molecule has 0 aliphatic rings. The number of sulfonamides is 1. The van der Waals surface area contributed by atoms with Crippen LogP contribution in [-0.2, 0) is 14.8 Å². The van der Waals surface area contributed by atoms with Gasteiger partial charge in [0.05, 0.1) is 15.6 Å². The lowest BCUT2D eigenvalue weighted by molar-refractivity contribution is -0.119. The van der Waals surface area contributed by atoms with Crippen molar-refractivity contribution in [3.63, 3.8) is 0 Å². The SMILES string of the molecule is Cc1ccc(S(=O)(=O)N(CC(=O)NCCC(C)C)c2ccccc2Cl)cc1. The van der Waals surface area contributed by atoms with E-state index in [0.29, 0.717) is 12.5 Å². The molecule has 0 atom stereocenters. The summed E-state index contributed by atoms with van der Waals surface area (Å²) in [6.07, 6.45) is 0.822. The molecule has 0 saturated heterocycles. The van der Waals surface area contributed by atoms with Crippen LogP contribution in [0.3, 0.4) is 0 Å². The number of carbonyl (C=O) groups excluding carboxylic acids is 1. The molecule has 2 aromatic rings. The van der Waals surface area contributed by atoms with Crippen LogP contribution < -0.4 is 9.62 Å². The molecule has 0 aromatic heterocycles. The Hall–Kier alpha value is -2.05. The number of anilines is 1. The summed E-state index contributed by atoms with van der Waals surface area (Å²) in [5.41, 5.74) is 1.23. The van der Waals surface area contributed by atoms with Gasteiger partial charge in [-0.15, -0.1) is 0 Å². The Morgan fingerprint density at radius 3 is 2.33 bits per heavy atom. The van der Waals surface area contributed by atoms with Crippen molar-refractivity contribution in [2.75, 3.05) is 17.4 Å². The molecular formula is C20H25ClN2O3S. The van der Waals surface area contributed by atoms with E-state index < -0.39 is 10.0 Å². The average Bonchev–Trinajstić information content (AvgIpc) is 2.60. The number of carbonyl (C=O) groups is 1. The van der Waals surface area contributed by atoms with E-state index in [4.69, 9.17) is 11.6 Å². The van der Waals surface area contributed by atoms with E-state index in [9.17, 15) is 13.2 Å². The van der Waals surface area contributed by atoms with Gasteiger partial charge in [-0.25, -0.2) is 8.42 Å². The molecule has 2 rings (SSSR count). The molecule has 0 bridgehead atoms. The Labute approximate surface area is 166 Å². The molecule has 0 saturated carbocycles. The minimum atomic E-state index is -3.94. The number of para-hydroxylation sites is 1. The number of rotatable bonds is 8. The molecule has 1 amide bonds.